The van der Waals surface area contributed by atoms with Gasteiger partial charge in [0.1, 0.15) is 0 Å². The highest BCUT2D eigenvalue weighted by molar-refractivity contribution is 5.25. The molecule has 62 valence electrons. The predicted molar refractivity (Wildman–Crippen MR) is 50.5 cm³/mol. The smallest absolute Gasteiger partial charge is 0.0130 e. The van der Waals surface area contributed by atoms with Crippen molar-refractivity contribution >= 4 is 0 Å². The normalized spacial score (nSPS) is 20.2. The van der Waals surface area contributed by atoms with Gasteiger partial charge in [0.15, 0.2) is 0 Å². The SMILES string of the molecule is CC(C1=CC=CC1)C(C)(C)C. The van der Waals surface area contributed by atoms with Gasteiger partial charge >= 0.3 is 0 Å². The molecule has 1 aliphatic rings. The van der Waals surface area contributed by atoms with Gasteiger partial charge in [-0.3, -0.25) is 0 Å². The van der Waals surface area contributed by atoms with E-state index < -0.39 is 0 Å². The third-order valence-electron chi connectivity index (χ3n) is 2.66. The molecule has 0 saturated heterocycles. The van der Waals surface area contributed by atoms with Crippen molar-refractivity contribution in [3.8, 4) is 0 Å². The highest BCUT2D eigenvalue weighted by atomic mass is 14.3. The average molecular weight is 150 g/mol. The van der Waals surface area contributed by atoms with Crippen LogP contribution in [-0.2, 0) is 0 Å². The van der Waals surface area contributed by atoms with E-state index in [2.05, 4.69) is 45.9 Å². The molecule has 1 aliphatic carbocycles. The van der Waals surface area contributed by atoms with Crippen LogP contribution in [0.25, 0.3) is 0 Å². The van der Waals surface area contributed by atoms with Gasteiger partial charge in [0.05, 0.1) is 0 Å². The fourth-order valence-electron chi connectivity index (χ4n) is 1.34. The number of rotatable bonds is 1. The maximum Gasteiger partial charge on any atom is -0.0130 e. The van der Waals surface area contributed by atoms with Crippen molar-refractivity contribution < 1.29 is 0 Å². The van der Waals surface area contributed by atoms with Gasteiger partial charge in [-0.05, 0) is 17.8 Å². The lowest BCUT2D eigenvalue weighted by Gasteiger charge is -2.28. The Morgan fingerprint density at radius 3 is 2.36 bits per heavy atom. The van der Waals surface area contributed by atoms with Crippen LogP contribution in [0.1, 0.15) is 34.1 Å². The number of allylic oxidation sites excluding steroid dienone is 4. The van der Waals surface area contributed by atoms with Crippen LogP contribution in [0.5, 0.6) is 0 Å². The highest BCUT2D eigenvalue weighted by Gasteiger charge is 2.23. The van der Waals surface area contributed by atoms with E-state index in [1.165, 1.54) is 6.42 Å². The molecule has 0 spiro atoms. The molecule has 0 aromatic carbocycles. The van der Waals surface area contributed by atoms with E-state index in [4.69, 9.17) is 0 Å². The average Bonchev–Trinajstić information content (AvgIpc) is 2.34. The fraction of sp³-hybridized carbons (Fsp3) is 0.636. The standard InChI is InChI=1S/C11H18/c1-9(11(2,3)4)10-7-5-6-8-10/h5-7,9H,8H2,1-4H3. The first-order valence-corrected chi connectivity index (χ1v) is 4.37. The minimum absolute atomic E-state index is 0.415. The van der Waals surface area contributed by atoms with Crippen molar-refractivity contribution in [2.75, 3.05) is 0 Å². The molecule has 0 bridgehead atoms. The van der Waals surface area contributed by atoms with Crippen molar-refractivity contribution in [1.29, 1.82) is 0 Å². The second kappa shape index (κ2) is 2.84. The van der Waals surface area contributed by atoms with Crippen LogP contribution in [0.15, 0.2) is 23.8 Å². The van der Waals surface area contributed by atoms with Gasteiger partial charge in [0, 0.05) is 0 Å². The van der Waals surface area contributed by atoms with E-state index >= 15 is 0 Å². The Balaban J connectivity index is 2.62. The predicted octanol–water partition coefficient (Wildman–Crippen LogP) is 3.55. The summed E-state index contributed by atoms with van der Waals surface area (Å²) in [6.07, 6.45) is 7.82. The fourth-order valence-corrected chi connectivity index (χ4v) is 1.34. The second-order valence-electron chi connectivity index (χ2n) is 4.46. The van der Waals surface area contributed by atoms with E-state index in [9.17, 15) is 0 Å². The molecule has 1 rings (SSSR count). The van der Waals surface area contributed by atoms with Crippen molar-refractivity contribution in [3.63, 3.8) is 0 Å². The Labute approximate surface area is 70.0 Å². The van der Waals surface area contributed by atoms with E-state index in [-0.39, 0.29) is 0 Å². The minimum Gasteiger partial charge on any atom is -0.0805 e. The first-order valence-electron chi connectivity index (χ1n) is 4.37. The van der Waals surface area contributed by atoms with E-state index in [0.717, 1.165) is 0 Å². The molecule has 0 aromatic rings. The van der Waals surface area contributed by atoms with Gasteiger partial charge < -0.3 is 0 Å². The molecule has 0 radical (unpaired) electrons. The van der Waals surface area contributed by atoms with Crippen molar-refractivity contribution in [1.82, 2.24) is 0 Å². The van der Waals surface area contributed by atoms with Crippen LogP contribution in [-0.4, -0.2) is 0 Å². The molecule has 0 amide bonds. The molecule has 0 heterocycles. The third-order valence-corrected chi connectivity index (χ3v) is 2.66. The topological polar surface area (TPSA) is 0 Å². The minimum atomic E-state index is 0.415. The molecular formula is C11H18. The molecule has 1 unspecified atom stereocenters. The molecule has 11 heavy (non-hydrogen) atoms. The van der Waals surface area contributed by atoms with Crippen LogP contribution in [0.2, 0.25) is 0 Å². The molecule has 0 aromatic heterocycles. The quantitative estimate of drug-likeness (QED) is 0.536. The molecule has 0 aliphatic heterocycles. The van der Waals surface area contributed by atoms with Gasteiger partial charge in [-0.15, -0.1) is 0 Å². The summed E-state index contributed by atoms with van der Waals surface area (Å²) < 4.78 is 0. The van der Waals surface area contributed by atoms with Gasteiger partial charge in [-0.1, -0.05) is 51.5 Å². The zero-order valence-corrected chi connectivity index (χ0v) is 8.02. The summed E-state index contributed by atoms with van der Waals surface area (Å²) >= 11 is 0. The third kappa shape index (κ3) is 1.95. The summed E-state index contributed by atoms with van der Waals surface area (Å²) in [5.74, 6) is 0.706. The Bertz CT molecular complexity index is 189. The van der Waals surface area contributed by atoms with Gasteiger partial charge in [-0.25, -0.2) is 0 Å². The molecular weight excluding hydrogens is 132 g/mol. The monoisotopic (exact) mass is 150 g/mol. The zero-order valence-electron chi connectivity index (χ0n) is 8.02. The van der Waals surface area contributed by atoms with Crippen LogP contribution >= 0.6 is 0 Å². The number of hydrogen-bond acceptors (Lipinski definition) is 0. The number of hydrogen-bond donors (Lipinski definition) is 0. The maximum absolute atomic E-state index is 2.32. The van der Waals surface area contributed by atoms with Gasteiger partial charge in [-0.2, -0.15) is 0 Å². The first kappa shape index (κ1) is 8.58. The van der Waals surface area contributed by atoms with E-state index in [0.29, 0.717) is 11.3 Å². The molecule has 1 atom stereocenters. The summed E-state index contributed by atoms with van der Waals surface area (Å²) in [5.41, 5.74) is 2.00. The first-order chi connectivity index (χ1) is 5.02. The molecule has 0 heteroatoms. The van der Waals surface area contributed by atoms with Crippen molar-refractivity contribution in [3.05, 3.63) is 23.8 Å². The van der Waals surface area contributed by atoms with Crippen LogP contribution in [0, 0.1) is 11.3 Å². The molecule has 0 fully saturated rings. The Kier molecular flexibility index (Phi) is 2.22. The van der Waals surface area contributed by atoms with Crippen LogP contribution in [0.4, 0.5) is 0 Å². The molecule has 0 N–H and O–H groups in total. The summed E-state index contributed by atoms with van der Waals surface area (Å²) in [6, 6.07) is 0. The van der Waals surface area contributed by atoms with Crippen molar-refractivity contribution in [2.45, 2.75) is 34.1 Å². The Morgan fingerprint density at radius 1 is 1.36 bits per heavy atom. The summed E-state index contributed by atoms with van der Waals surface area (Å²) in [5, 5.41) is 0. The lowest BCUT2D eigenvalue weighted by Crippen LogP contribution is -2.18. The summed E-state index contributed by atoms with van der Waals surface area (Å²) in [7, 11) is 0. The highest BCUT2D eigenvalue weighted by Crippen LogP contribution is 2.34. The van der Waals surface area contributed by atoms with Crippen LogP contribution < -0.4 is 0 Å². The van der Waals surface area contributed by atoms with E-state index in [1.54, 1.807) is 5.57 Å². The lowest BCUT2D eigenvalue weighted by atomic mass is 9.77. The molecule has 0 nitrogen and oxygen atoms in total. The van der Waals surface area contributed by atoms with Gasteiger partial charge in [0.2, 0.25) is 0 Å². The second-order valence-corrected chi connectivity index (χ2v) is 4.46. The zero-order chi connectivity index (χ0) is 8.48. The van der Waals surface area contributed by atoms with Crippen LogP contribution in [0.3, 0.4) is 0 Å². The lowest BCUT2D eigenvalue weighted by molar-refractivity contribution is 0.298. The van der Waals surface area contributed by atoms with E-state index in [1.807, 2.05) is 0 Å². The summed E-state index contributed by atoms with van der Waals surface area (Å²) in [4.78, 5) is 0. The van der Waals surface area contributed by atoms with Crippen molar-refractivity contribution in [2.24, 2.45) is 11.3 Å². The molecule has 0 saturated carbocycles. The summed E-state index contributed by atoms with van der Waals surface area (Å²) in [6.45, 7) is 9.23. The Morgan fingerprint density at radius 2 is 2.00 bits per heavy atom. The maximum atomic E-state index is 2.32. The van der Waals surface area contributed by atoms with Gasteiger partial charge in [0.25, 0.3) is 0 Å². The Hall–Kier alpha value is -0.520. The largest absolute Gasteiger partial charge is 0.0805 e.